The van der Waals surface area contributed by atoms with E-state index in [9.17, 15) is 28.8 Å². The molecule has 0 saturated carbocycles. The summed E-state index contributed by atoms with van der Waals surface area (Å²) in [6.07, 6.45) is 0.527. The van der Waals surface area contributed by atoms with Crippen molar-refractivity contribution >= 4 is 35.5 Å². The van der Waals surface area contributed by atoms with Crippen LogP contribution in [0.25, 0.3) is 0 Å². The van der Waals surface area contributed by atoms with E-state index >= 15 is 0 Å². The van der Waals surface area contributed by atoms with Gasteiger partial charge in [0, 0.05) is 6.92 Å². The Morgan fingerprint density at radius 1 is 0.568 bits per heavy atom. The molecule has 0 rings (SSSR count). The van der Waals surface area contributed by atoms with Crippen LogP contribution in [0.4, 0.5) is 0 Å². The van der Waals surface area contributed by atoms with E-state index in [0.29, 0.717) is 0 Å². The summed E-state index contributed by atoms with van der Waals surface area (Å²) in [5.41, 5.74) is 0. The van der Waals surface area contributed by atoms with Crippen molar-refractivity contribution < 1.29 is 33.9 Å². The van der Waals surface area contributed by atoms with Crippen molar-refractivity contribution in [3.05, 3.63) is 0 Å². The molecule has 0 aromatic rings. The normalized spacial score (nSPS) is 15.2. The first-order chi connectivity index (χ1) is 17.0. The molecule has 5 amide bonds. The maximum absolute atomic E-state index is 13.1. The van der Waals surface area contributed by atoms with Gasteiger partial charge in [-0.1, -0.05) is 41.5 Å². The van der Waals surface area contributed by atoms with Crippen LogP contribution in [0.15, 0.2) is 0 Å². The number of rotatable bonds is 15. The van der Waals surface area contributed by atoms with Crippen molar-refractivity contribution in [1.82, 2.24) is 26.6 Å². The highest BCUT2D eigenvalue weighted by Gasteiger charge is 2.31. The number of carbonyl (C=O) groups excluding carboxylic acids is 5. The minimum Gasteiger partial charge on any atom is -0.480 e. The third-order valence-electron chi connectivity index (χ3n) is 5.47. The van der Waals surface area contributed by atoms with Gasteiger partial charge in [-0.05, 0) is 44.4 Å². The Bertz CT molecular complexity index is 828. The predicted octanol–water partition coefficient (Wildman–Crippen LogP) is 0.303. The number of hydrogen-bond acceptors (Lipinski definition) is 6. The molecule has 0 aliphatic rings. The highest BCUT2D eigenvalue weighted by Crippen LogP contribution is 2.10. The number of nitrogens with one attached hydrogen (secondary N) is 5. The SMILES string of the molecule is CC(=O)N[C@H](C(=O)N[C@@H](C)C(=O)N[C@@H](CC(C)C)C(=O)N[C@@H](CC(C)C)C(=O)N[C@@H](C)C(=O)O)C(C)C. The van der Waals surface area contributed by atoms with Crippen molar-refractivity contribution in [2.45, 2.75) is 105 Å². The molecule has 12 nitrogen and oxygen atoms in total. The largest absolute Gasteiger partial charge is 0.480 e. The van der Waals surface area contributed by atoms with Gasteiger partial charge in [-0.3, -0.25) is 28.8 Å². The van der Waals surface area contributed by atoms with Crippen LogP contribution < -0.4 is 26.6 Å². The second-order valence-corrected chi connectivity index (χ2v) is 10.6. The third kappa shape index (κ3) is 13.1. The molecule has 0 unspecified atom stereocenters. The first-order valence-corrected chi connectivity index (χ1v) is 12.7. The van der Waals surface area contributed by atoms with E-state index in [0.717, 1.165) is 0 Å². The van der Waals surface area contributed by atoms with Crippen LogP contribution in [0.5, 0.6) is 0 Å². The predicted molar refractivity (Wildman–Crippen MR) is 138 cm³/mol. The fourth-order valence-corrected chi connectivity index (χ4v) is 3.47. The van der Waals surface area contributed by atoms with Crippen LogP contribution in [0.2, 0.25) is 0 Å². The molecule has 12 heteroatoms. The number of amides is 5. The zero-order chi connectivity index (χ0) is 29.0. The lowest BCUT2D eigenvalue weighted by molar-refractivity contribution is -0.142. The lowest BCUT2D eigenvalue weighted by Gasteiger charge is -2.27. The molecule has 0 spiro atoms. The molecular weight excluding hydrogens is 482 g/mol. The summed E-state index contributed by atoms with van der Waals surface area (Å²) in [5.74, 6) is -4.14. The zero-order valence-corrected chi connectivity index (χ0v) is 23.4. The number of carbonyl (C=O) groups is 6. The molecule has 0 bridgehead atoms. The van der Waals surface area contributed by atoms with Crippen LogP contribution in [-0.2, 0) is 28.8 Å². The van der Waals surface area contributed by atoms with E-state index in [-0.39, 0.29) is 36.5 Å². The van der Waals surface area contributed by atoms with Crippen molar-refractivity contribution in [3.8, 4) is 0 Å². The fourth-order valence-electron chi connectivity index (χ4n) is 3.47. The van der Waals surface area contributed by atoms with Crippen LogP contribution in [0.1, 0.15) is 75.2 Å². The molecule has 5 atom stereocenters. The molecule has 0 heterocycles. The van der Waals surface area contributed by atoms with Crippen molar-refractivity contribution in [3.63, 3.8) is 0 Å². The number of carboxylic acid groups (broad SMARTS) is 1. The maximum atomic E-state index is 13.1. The van der Waals surface area contributed by atoms with Crippen LogP contribution in [-0.4, -0.2) is 70.8 Å². The lowest BCUT2D eigenvalue weighted by atomic mass is 9.99. The average molecular weight is 528 g/mol. The molecule has 0 saturated heterocycles. The van der Waals surface area contributed by atoms with E-state index in [2.05, 4.69) is 26.6 Å². The highest BCUT2D eigenvalue weighted by atomic mass is 16.4. The van der Waals surface area contributed by atoms with Gasteiger partial charge in [-0.15, -0.1) is 0 Å². The van der Waals surface area contributed by atoms with Gasteiger partial charge in [0.1, 0.15) is 30.2 Å². The number of hydrogen-bond donors (Lipinski definition) is 6. The first kappa shape index (κ1) is 33.8. The van der Waals surface area contributed by atoms with Gasteiger partial charge in [0.2, 0.25) is 29.5 Å². The smallest absolute Gasteiger partial charge is 0.325 e. The van der Waals surface area contributed by atoms with E-state index in [1.165, 1.54) is 20.8 Å². The molecule has 0 aliphatic carbocycles. The monoisotopic (exact) mass is 527 g/mol. The lowest BCUT2D eigenvalue weighted by Crippen LogP contribution is -2.58. The summed E-state index contributed by atoms with van der Waals surface area (Å²) >= 11 is 0. The maximum Gasteiger partial charge on any atom is 0.325 e. The second kappa shape index (κ2) is 15.8. The Kier molecular flexibility index (Phi) is 14.5. The van der Waals surface area contributed by atoms with Crippen LogP contribution in [0.3, 0.4) is 0 Å². The standard InChI is InChI=1S/C25H45N5O7/c1-12(2)10-18(22(33)27-16(8)25(36)37)30-23(34)19(11-13(3)4)29-21(32)15(7)26-24(35)20(14(5)6)28-17(9)31/h12-16,18-20H,10-11H2,1-9H3,(H,26,35)(H,27,33)(H,28,31)(H,29,32)(H,30,34)(H,36,37)/t15-,16-,18-,19-,20-/m0/s1. The molecular formula is C25H45N5O7. The fraction of sp³-hybridized carbons (Fsp3) is 0.760. The molecule has 0 fully saturated rings. The summed E-state index contributed by atoms with van der Waals surface area (Å²) in [7, 11) is 0. The van der Waals surface area contributed by atoms with Gasteiger partial charge in [0.25, 0.3) is 0 Å². The Morgan fingerprint density at radius 2 is 0.973 bits per heavy atom. The van der Waals surface area contributed by atoms with E-state index in [1.54, 1.807) is 13.8 Å². The van der Waals surface area contributed by atoms with Gasteiger partial charge < -0.3 is 31.7 Å². The van der Waals surface area contributed by atoms with Gasteiger partial charge in [0.05, 0.1) is 0 Å². The van der Waals surface area contributed by atoms with E-state index in [4.69, 9.17) is 5.11 Å². The molecule has 6 N–H and O–H groups in total. The van der Waals surface area contributed by atoms with Crippen molar-refractivity contribution in [1.29, 1.82) is 0 Å². The molecule has 37 heavy (non-hydrogen) atoms. The van der Waals surface area contributed by atoms with Gasteiger partial charge >= 0.3 is 5.97 Å². The van der Waals surface area contributed by atoms with Crippen molar-refractivity contribution in [2.24, 2.45) is 17.8 Å². The van der Waals surface area contributed by atoms with E-state index in [1.807, 2.05) is 27.7 Å². The summed E-state index contributed by atoms with van der Waals surface area (Å²) in [6, 6.07) is -4.96. The number of carboxylic acids is 1. The summed E-state index contributed by atoms with van der Waals surface area (Å²) < 4.78 is 0. The third-order valence-corrected chi connectivity index (χ3v) is 5.47. The van der Waals surface area contributed by atoms with Crippen LogP contribution in [0, 0.1) is 17.8 Å². The van der Waals surface area contributed by atoms with Crippen molar-refractivity contribution in [2.75, 3.05) is 0 Å². The Hall–Kier alpha value is -3.18. The Balaban J connectivity index is 5.52. The Labute approximate surface area is 219 Å². The highest BCUT2D eigenvalue weighted by molar-refractivity contribution is 5.95. The van der Waals surface area contributed by atoms with Gasteiger partial charge in [-0.25, -0.2) is 0 Å². The molecule has 0 radical (unpaired) electrons. The minimum absolute atomic E-state index is 0.00967. The second-order valence-electron chi connectivity index (χ2n) is 10.6. The topological polar surface area (TPSA) is 183 Å². The van der Waals surface area contributed by atoms with Crippen LogP contribution >= 0.6 is 0 Å². The summed E-state index contributed by atoms with van der Waals surface area (Å²) in [4.78, 5) is 73.8. The van der Waals surface area contributed by atoms with E-state index < -0.39 is 59.8 Å². The quantitative estimate of drug-likeness (QED) is 0.177. The van der Waals surface area contributed by atoms with Gasteiger partial charge in [-0.2, -0.15) is 0 Å². The molecule has 0 aromatic heterocycles. The molecule has 212 valence electrons. The summed E-state index contributed by atoms with van der Waals surface area (Å²) in [5, 5.41) is 21.9. The Morgan fingerprint density at radius 3 is 1.35 bits per heavy atom. The zero-order valence-electron chi connectivity index (χ0n) is 23.4. The number of aliphatic carboxylic acids is 1. The molecule has 0 aliphatic heterocycles. The summed E-state index contributed by atoms with van der Waals surface area (Å²) in [6.45, 7) is 15.0. The first-order valence-electron chi connectivity index (χ1n) is 12.7. The average Bonchev–Trinajstić information content (AvgIpc) is 2.74. The van der Waals surface area contributed by atoms with Gasteiger partial charge in [0.15, 0.2) is 0 Å². The minimum atomic E-state index is -1.21. The molecule has 0 aromatic carbocycles.